The lowest BCUT2D eigenvalue weighted by Gasteiger charge is -2.46. The minimum atomic E-state index is -1.09. The first-order valence-electron chi connectivity index (χ1n) is 4.86. The zero-order valence-electron chi connectivity index (χ0n) is 10.0. The van der Waals surface area contributed by atoms with Crippen molar-refractivity contribution in [1.82, 2.24) is 4.23 Å². The van der Waals surface area contributed by atoms with E-state index >= 15 is 0 Å². The molecular formula is C9H25NSi2. The van der Waals surface area contributed by atoms with Gasteiger partial charge in [-0.2, -0.15) is 0 Å². The van der Waals surface area contributed by atoms with Crippen LogP contribution in [0, 0.1) is 0 Å². The number of hydrogen-bond donors (Lipinski definition) is 0. The molecule has 0 spiro atoms. The highest BCUT2D eigenvalue weighted by molar-refractivity contribution is 6.89. The summed E-state index contributed by atoms with van der Waals surface area (Å²) in [6.07, 6.45) is 0. The molecule has 0 aliphatic rings. The normalized spacial score (nSPS) is 14.5. The van der Waals surface area contributed by atoms with Crippen LogP contribution in [0.4, 0.5) is 0 Å². The molecule has 0 bridgehead atoms. The second-order valence-electron chi connectivity index (χ2n) is 5.81. The Kier molecular flexibility index (Phi) is 3.76. The van der Waals surface area contributed by atoms with Crippen LogP contribution in [0.5, 0.6) is 0 Å². The van der Waals surface area contributed by atoms with Crippen molar-refractivity contribution < 1.29 is 0 Å². The maximum atomic E-state index is 2.82. The quantitative estimate of drug-likeness (QED) is 0.636. The molecule has 12 heavy (non-hydrogen) atoms. The average molecular weight is 203 g/mol. The van der Waals surface area contributed by atoms with Crippen molar-refractivity contribution in [3.63, 3.8) is 0 Å². The first kappa shape index (κ1) is 12.4. The molecule has 0 aromatic heterocycles. The van der Waals surface area contributed by atoms with Crippen LogP contribution in [0.3, 0.4) is 0 Å². The third-order valence-electron chi connectivity index (χ3n) is 1.96. The van der Waals surface area contributed by atoms with Gasteiger partial charge in [-0.15, -0.1) is 0 Å². The topological polar surface area (TPSA) is 3.24 Å². The Morgan fingerprint density at radius 1 is 0.750 bits per heavy atom. The predicted octanol–water partition coefficient (Wildman–Crippen LogP) is 3.37. The molecule has 0 N–H and O–H groups in total. The Hall–Kier alpha value is 0.394. The molecule has 0 radical (unpaired) electrons. The molecular weight excluding hydrogens is 178 g/mol. The van der Waals surface area contributed by atoms with Gasteiger partial charge in [0, 0.05) is 0 Å². The molecule has 1 nitrogen and oxygen atoms in total. The maximum absolute atomic E-state index is 2.82. The Bertz CT molecular complexity index is 128. The number of rotatable bonds is 3. The minimum Gasteiger partial charge on any atom is -0.344 e. The number of hydrogen-bond acceptors (Lipinski definition) is 1. The van der Waals surface area contributed by atoms with Gasteiger partial charge in [0.05, 0.1) is 0 Å². The highest BCUT2D eigenvalue weighted by Crippen LogP contribution is 2.22. The summed E-state index contributed by atoms with van der Waals surface area (Å²) in [5, 5.41) is 0. The third kappa shape index (κ3) is 3.41. The molecule has 0 aromatic rings. The van der Waals surface area contributed by atoms with Crippen molar-refractivity contribution in [3.05, 3.63) is 0 Å². The van der Waals surface area contributed by atoms with Gasteiger partial charge in [0.1, 0.15) is 16.5 Å². The van der Waals surface area contributed by atoms with Crippen molar-refractivity contribution in [2.24, 2.45) is 0 Å². The van der Waals surface area contributed by atoms with E-state index < -0.39 is 16.5 Å². The molecule has 0 fully saturated rings. The molecule has 0 amide bonds. The second-order valence-corrected chi connectivity index (χ2v) is 15.9. The Morgan fingerprint density at radius 3 is 1.00 bits per heavy atom. The lowest BCUT2D eigenvalue weighted by atomic mass is 10.4. The SMILES string of the molecule is CC(C)N([Si](C)(C)C)[Si](C)(C)C. The van der Waals surface area contributed by atoms with Crippen molar-refractivity contribution in [3.8, 4) is 0 Å². The van der Waals surface area contributed by atoms with Gasteiger partial charge < -0.3 is 4.23 Å². The van der Waals surface area contributed by atoms with Gasteiger partial charge in [-0.3, -0.25) is 0 Å². The molecule has 0 aromatic carbocycles. The highest BCUT2D eigenvalue weighted by atomic mass is 28.4. The first-order chi connectivity index (χ1) is 5.07. The van der Waals surface area contributed by atoms with Crippen LogP contribution in [0.1, 0.15) is 13.8 Å². The Labute approximate surface area is 80.3 Å². The van der Waals surface area contributed by atoms with Crippen molar-refractivity contribution >= 4 is 16.5 Å². The fourth-order valence-electron chi connectivity index (χ4n) is 2.56. The lowest BCUT2D eigenvalue weighted by Crippen LogP contribution is -2.61. The summed E-state index contributed by atoms with van der Waals surface area (Å²) in [6.45, 7) is 19.4. The summed E-state index contributed by atoms with van der Waals surface area (Å²) in [7, 11) is -2.18. The van der Waals surface area contributed by atoms with E-state index in [1.165, 1.54) is 0 Å². The van der Waals surface area contributed by atoms with Gasteiger partial charge >= 0.3 is 0 Å². The van der Waals surface area contributed by atoms with Gasteiger partial charge in [0.15, 0.2) is 0 Å². The van der Waals surface area contributed by atoms with Gasteiger partial charge in [-0.25, -0.2) is 0 Å². The van der Waals surface area contributed by atoms with E-state index in [0.29, 0.717) is 0 Å². The fourth-order valence-corrected chi connectivity index (χ4v) is 13.7. The van der Waals surface area contributed by atoms with Crippen molar-refractivity contribution in [2.45, 2.75) is 59.2 Å². The highest BCUT2D eigenvalue weighted by Gasteiger charge is 2.35. The lowest BCUT2D eigenvalue weighted by molar-refractivity contribution is 0.507. The van der Waals surface area contributed by atoms with Gasteiger partial charge in [0.2, 0.25) is 0 Å². The predicted molar refractivity (Wildman–Crippen MR) is 63.7 cm³/mol. The van der Waals surface area contributed by atoms with E-state index in [1.807, 2.05) is 0 Å². The van der Waals surface area contributed by atoms with E-state index in [2.05, 4.69) is 57.4 Å². The van der Waals surface area contributed by atoms with Crippen LogP contribution >= 0.6 is 0 Å². The first-order valence-corrected chi connectivity index (χ1v) is 11.8. The third-order valence-corrected chi connectivity index (χ3v) is 9.91. The van der Waals surface area contributed by atoms with Gasteiger partial charge in [-0.1, -0.05) is 53.1 Å². The summed E-state index contributed by atoms with van der Waals surface area (Å²) >= 11 is 0. The molecule has 0 saturated heterocycles. The van der Waals surface area contributed by atoms with E-state index in [-0.39, 0.29) is 0 Å². The molecule has 0 saturated carbocycles. The summed E-state index contributed by atoms with van der Waals surface area (Å²) in [4.78, 5) is 0. The van der Waals surface area contributed by atoms with Crippen LogP contribution in [0.2, 0.25) is 39.3 Å². The molecule has 3 heteroatoms. The van der Waals surface area contributed by atoms with Crippen LogP contribution in [-0.2, 0) is 0 Å². The second kappa shape index (κ2) is 3.64. The minimum absolute atomic E-state index is 0.725. The fraction of sp³-hybridized carbons (Fsp3) is 1.00. The van der Waals surface area contributed by atoms with E-state index in [0.717, 1.165) is 6.04 Å². The summed E-state index contributed by atoms with van der Waals surface area (Å²) < 4.78 is 2.82. The standard InChI is InChI=1S/C9H25NSi2/c1-9(2)10(11(3,4)5)12(6,7)8/h9H,1-8H3. The van der Waals surface area contributed by atoms with Crippen LogP contribution in [-0.4, -0.2) is 26.7 Å². The van der Waals surface area contributed by atoms with Gasteiger partial charge in [-0.05, 0) is 6.04 Å². The zero-order valence-corrected chi connectivity index (χ0v) is 12.0. The smallest absolute Gasteiger partial charge is 0.112 e. The largest absolute Gasteiger partial charge is 0.344 e. The average Bonchev–Trinajstić information content (AvgIpc) is 1.49. The van der Waals surface area contributed by atoms with E-state index in [1.54, 1.807) is 0 Å². The molecule has 0 rings (SSSR count). The summed E-state index contributed by atoms with van der Waals surface area (Å²) in [5.74, 6) is 0. The van der Waals surface area contributed by atoms with E-state index in [9.17, 15) is 0 Å². The summed E-state index contributed by atoms with van der Waals surface area (Å²) in [6, 6.07) is 0.725. The number of nitrogens with zero attached hydrogens (tertiary/aromatic N) is 1. The molecule has 74 valence electrons. The van der Waals surface area contributed by atoms with Crippen molar-refractivity contribution in [1.29, 1.82) is 0 Å². The monoisotopic (exact) mass is 203 g/mol. The maximum Gasteiger partial charge on any atom is 0.112 e. The molecule has 0 aliphatic carbocycles. The van der Waals surface area contributed by atoms with Crippen LogP contribution in [0.15, 0.2) is 0 Å². The van der Waals surface area contributed by atoms with Crippen molar-refractivity contribution in [2.75, 3.05) is 0 Å². The van der Waals surface area contributed by atoms with Gasteiger partial charge in [0.25, 0.3) is 0 Å². The zero-order chi connectivity index (χ0) is 10.2. The molecule has 0 aliphatic heterocycles. The van der Waals surface area contributed by atoms with E-state index in [4.69, 9.17) is 0 Å². The van der Waals surface area contributed by atoms with Crippen LogP contribution in [0.25, 0.3) is 0 Å². The summed E-state index contributed by atoms with van der Waals surface area (Å²) in [5.41, 5.74) is 0. The Balaban J connectivity index is 4.70. The molecule has 0 unspecified atom stereocenters. The molecule has 0 heterocycles. The molecule has 0 atom stereocenters. The Morgan fingerprint density at radius 2 is 1.00 bits per heavy atom. The van der Waals surface area contributed by atoms with Crippen LogP contribution < -0.4 is 0 Å².